The molecule has 0 aliphatic heterocycles. The van der Waals surface area contributed by atoms with Crippen LogP contribution in [0.4, 0.5) is 4.39 Å². The Morgan fingerprint density at radius 3 is 2.71 bits per heavy atom. The number of aromatic nitrogens is 1. The third kappa shape index (κ3) is 10.3. The van der Waals surface area contributed by atoms with Gasteiger partial charge in [-0.3, -0.25) is 9.78 Å². The fourth-order valence-corrected chi connectivity index (χ4v) is 5.39. The Morgan fingerprint density at radius 1 is 1.15 bits per heavy atom. The van der Waals surface area contributed by atoms with E-state index in [1.807, 2.05) is 24.4 Å². The molecular weight excluding hydrogens is 507 g/mol. The summed E-state index contributed by atoms with van der Waals surface area (Å²) in [5, 5.41) is 3.50. The van der Waals surface area contributed by atoms with Crippen LogP contribution in [0.3, 0.4) is 0 Å². The van der Waals surface area contributed by atoms with Crippen LogP contribution in [0.2, 0.25) is 0 Å². The number of rotatable bonds is 16. The molecule has 4 heteroatoms. The van der Waals surface area contributed by atoms with Gasteiger partial charge in [0, 0.05) is 42.4 Å². The first kappa shape index (κ1) is 32.2. The molecule has 1 aromatic carbocycles. The Balaban J connectivity index is 1.87. The monoisotopic (exact) mass is 556 g/mol. The van der Waals surface area contributed by atoms with Crippen LogP contribution < -0.4 is 5.32 Å². The molecule has 0 radical (unpaired) electrons. The van der Waals surface area contributed by atoms with E-state index >= 15 is 0 Å². The zero-order valence-corrected chi connectivity index (χ0v) is 25.9. The minimum absolute atomic E-state index is 0.181. The lowest BCUT2D eigenvalue weighted by Crippen LogP contribution is -2.17. The number of Topliss-reactive ketones (excluding diaryl/α,β-unsaturated/α-hetero) is 1. The number of nitrogens with zero attached hydrogens (tertiary/aromatic N) is 1. The maximum atomic E-state index is 14.4. The number of allylic oxidation sites excluding steroid dienone is 5. The number of ketones is 1. The predicted octanol–water partition coefficient (Wildman–Crippen LogP) is 9.75. The van der Waals surface area contributed by atoms with Crippen LogP contribution in [-0.2, 0) is 17.6 Å². The van der Waals surface area contributed by atoms with Gasteiger partial charge in [0.15, 0.2) is 0 Å². The Morgan fingerprint density at radius 2 is 1.95 bits per heavy atom. The van der Waals surface area contributed by atoms with Gasteiger partial charge in [0.25, 0.3) is 0 Å². The molecular formula is C37H49FN2O. The number of aryl methyl sites for hydroxylation is 1. The van der Waals surface area contributed by atoms with Crippen LogP contribution in [-0.4, -0.2) is 17.3 Å². The van der Waals surface area contributed by atoms with Crippen LogP contribution in [0, 0.1) is 11.8 Å². The summed E-state index contributed by atoms with van der Waals surface area (Å²) in [4.78, 5) is 17.2. The minimum atomic E-state index is -0.181. The normalized spacial score (nSPS) is 14.2. The molecule has 1 unspecified atom stereocenters. The summed E-state index contributed by atoms with van der Waals surface area (Å²) in [6.45, 7) is 15.5. The van der Waals surface area contributed by atoms with Gasteiger partial charge < -0.3 is 5.32 Å². The standard InChI is InChI=1S/C37H49FN2O/c1-7-8-9-12-27(4)22-32-16-17-33(37-31(15-11-20-39-37)18-19-34(41)21-26(2)3)24-35(32)29(6)40-25-30-14-10-13-28(5)36(38)23-30/h10-11,13,15-17,20,23-24,26-27,40H,6-9,12,14,18-19,21-22,25H2,1-5H3. The highest BCUT2D eigenvalue weighted by molar-refractivity contribution is 5.79. The Labute approximate surface area is 247 Å². The van der Waals surface area contributed by atoms with E-state index in [2.05, 4.69) is 63.9 Å². The molecule has 220 valence electrons. The van der Waals surface area contributed by atoms with E-state index < -0.39 is 0 Å². The summed E-state index contributed by atoms with van der Waals surface area (Å²) in [6.07, 6.45) is 15.8. The fourth-order valence-electron chi connectivity index (χ4n) is 5.39. The average Bonchev–Trinajstić information content (AvgIpc) is 3.10. The number of hydrogen-bond acceptors (Lipinski definition) is 3. The molecule has 1 atom stereocenters. The van der Waals surface area contributed by atoms with E-state index in [1.54, 1.807) is 13.0 Å². The van der Waals surface area contributed by atoms with E-state index in [0.29, 0.717) is 55.4 Å². The van der Waals surface area contributed by atoms with Crippen molar-refractivity contribution in [2.45, 2.75) is 92.4 Å². The number of benzene rings is 1. The second-order valence-corrected chi connectivity index (χ2v) is 12.1. The molecule has 0 bridgehead atoms. The molecule has 1 N–H and O–H groups in total. The third-order valence-electron chi connectivity index (χ3n) is 7.76. The first-order valence-corrected chi connectivity index (χ1v) is 15.4. The van der Waals surface area contributed by atoms with Crippen LogP contribution in [0.25, 0.3) is 17.0 Å². The van der Waals surface area contributed by atoms with Crippen LogP contribution in [0.15, 0.2) is 78.3 Å². The van der Waals surface area contributed by atoms with Gasteiger partial charge in [0.2, 0.25) is 0 Å². The first-order chi connectivity index (χ1) is 19.7. The minimum Gasteiger partial charge on any atom is -0.381 e. The fraction of sp³-hybridized carbons (Fsp3) is 0.459. The zero-order valence-electron chi connectivity index (χ0n) is 25.9. The number of halogens is 1. The molecule has 0 fully saturated rings. The lowest BCUT2D eigenvalue weighted by molar-refractivity contribution is -0.119. The van der Waals surface area contributed by atoms with Gasteiger partial charge in [0.05, 0.1) is 5.69 Å². The molecule has 0 amide bonds. The highest BCUT2D eigenvalue weighted by atomic mass is 19.1. The van der Waals surface area contributed by atoms with Gasteiger partial charge in [-0.25, -0.2) is 4.39 Å². The van der Waals surface area contributed by atoms with Crippen LogP contribution in [0.5, 0.6) is 0 Å². The SMILES string of the molecule is C=C(NCC1=CC(F)=C(C)C=CC1)c1cc(-c2ncccc2CCC(=O)CC(C)C)ccc1CC(C)CCCCC. The second kappa shape index (κ2) is 16.2. The van der Waals surface area contributed by atoms with Gasteiger partial charge in [0.1, 0.15) is 11.6 Å². The molecule has 1 heterocycles. The van der Waals surface area contributed by atoms with Crippen molar-refractivity contribution in [1.29, 1.82) is 0 Å². The van der Waals surface area contributed by atoms with Crippen molar-refractivity contribution in [3.05, 3.63) is 95.0 Å². The number of carbonyl (C=O) groups is 1. The summed E-state index contributed by atoms with van der Waals surface area (Å²) >= 11 is 0. The Kier molecular flexibility index (Phi) is 12.8. The van der Waals surface area contributed by atoms with Crippen molar-refractivity contribution in [1.82, 2.24) is 10.3 Å². The zero-order chi connectivity index (χ0) is 29.8. The largest absolute Gasteiger partial charge is 0.381 e. The summed E-state index contributed by atoms with van der Waals surface area (Å²) in [5.41, 5.74) is 7.85. The third-order valence-corrected chi connectivity index (χ3v) is 7.76. The summed E-state index contributed by atoms with van der Waals surface area (Å²) < 4.78 is 14.4. The molecule has 0 spiro atoms. The smallest absolute Gasteiger partial charge is 0.133 e. The lowest BCUT2D eigenvalue weighted by atomic mass is 9.89. The highest BCUT2D eigenvalue weighted by Crippen LogP contribution is 2.30. The summed E-state index contributed by atoms with van der Waals surface area (Å²) in [7, 11) is 0. The maximum absolute atomic E-state index is 14.4. The van der Waals surface area contributed by atoms with Crippen molar-refractivity contribution in [3.63, 3.8) is 0 Å². The molecule has 2 aromatic rings. The van der Waals surface area contributed by atoms with Gasteiger partial charge in [-0.2, -0.15) is 0 Å². The number of unbranched alkanes of at least 4 members (excludes halogenated alkanes) is 2. The van der Waals surface area contributed by atoms with Crippen molar-refractivity contribution in [2.75, 3.05) is 6.54 Å². The quantitative estimate of drug-likeness (QED) is 0.209. The van der Waals surface area contributed by atoms with Crippen LogP contribution >= 0.6 is 0 Å². The Bertz CT molecular complexity index is 1280. The number of pyridine rings is 1. The van der Waals surface area contributed by atoms with E-state index in [4.69, 9.17) is 4.98 Å². The lowest BCUT2D eigenvalue weighted by Gasteiger charge is -2.20. The number of hydrogen-bond donors (Lipinski definition) is 1. The van der Waals surface area contributed by atoms with Gasteiger partial charge in [-0.15, -0.1) is 0 Å². The van der Waals surface area contributed by atoms with E-state index in [0.717, 1.165) is 40.1 Å². The van der Waals surface area contributed by atoms with Crippen molar-refractivity contribution in [3.8, 4) is 11.3 Å². The molecule has 3 rings (SSSR count). The topological polar surface area (TPSA) is 42.0 Å². The predicted molar refractivity (Wildman–Crippen MR) is 172 cm³/mol. The molecule has 1 aromatic heterocycles. The Hall–Kier alpha value is -3.27. The number of nitrogens with one attached hydrogen (secondary N) is 1. The molecule has 0 saturated carbocycles. The first-order valence-electron chi connectivity index (χ1n) is 15.4. The molecule has 1 aliphatic carbocycles. The van der Waals surface area contributed by atoms with Gasteiger partial charge >= 0.3 is 0 Å². The maximum Gasteiger partial charge on any atom is 0.133 e. The molecule has 1 aliphatic rings. The number of carbonyl (C=O) groups excluding carboxylic acids is 1. The van der Waals surface area contributed by atoms with Crippen molar-refractivity contribution >= 4 is 11.5 Å². The highest BCUT2D eigenvalue weighted by Gasteiger charge is 2.16. The van der Waals surface area contributed by atoms with E-state index in [1.165, 1.54) is 31.2 Å². The van der Waals surface area contributed by atoms with E-state index in [-0.39, 0.29) is 5.83 Å². The van der Waals surface area contributed by atoms with Gasteiger partial charge in [-0.1, -0.05) is 90.3 Å². The average molecular weight is 557 g/mol. The second-order valence-electron chi connectivity index (χ2n) is 12.1. The summed E-state index contributed by atoms with van der Waals surface area (Å²) in [5.74, 6) is 1.05. The van der Waals surface area contributed by atoms with Crippen LogP contribution in [0.1, 0.15) is 96.3 Å². The van der Waals surface area contributed by atoms with Gasteiger partial charge in [-0.05, 0) is 78.5 Å². The molecule has 0 saturated heterocycles. The molecule has 41 heavy (non-hydrogen) atoms. The van der Waals surface area contributed by atoms with E-state index in [9.17, 15) is 9.18 Å². The van der Waals surface area contributed by atoms with Crippen molar-refractivity contribution < 1.29 is 9.18 Å². The van der Waals surface area contributed by atoms with Crippen molar-refractivity contribution in [2.24, 2.45) is 11.8 Å². The molecule has 3 nitrogen and oxygen atoms in total. The summed E-state index contributed by atoms with van der Waals surface area (Å²) in [6, 6.07) is 10.6.